The fourth-order valence-electron chi connectivity index (χ4n) is 1.38. The molecule has 0 radical (unpaired) electrons. The molecule has 0 heterocycles. The van der Waals surface area contributed by atoms with Gasteiger partial charge >= 0.3 is 0 Å². The third kappa shape index (κ3) is 1.43. The van der Waals surface area contributed by atoms with Crippen LogP contribution in [0.25, 0.3) is 10.8 Å². The van der Waals surface area contributed by atoms with Crippen molar-refractivity contribution in [3.8, 4) is 0 Å². The zero-order valence-electron chi connectivity index (χ0n) is 6.83. The lowest BCUT2D eigenvalue weighted by Crippen LogP contribution is -1.82. The summed E-state index contributed by atoms with van der Waals surface area (Å²) in [5, 5.41) is 2.63. The summed E-state index contributed by atoms with van der Waals surface area (Å²) in [6.07, 6.45) is 0.857. The number of hydrogen-bond acceptors (Lipinski definition) is 1. The van der Waals surface area contributed by atoms with E-state index in [1.165, 1.54) is 0 Å². The van der Waals surface area contributed by atoms with Gasteiger partial charge < -0.3 is 0 Å². The first kappa shape index (κ1) is 8.27. The molecule has 2 aromatic carbocycles. The Kier molecular flexibility index (Phi) is 2.03. The van der Waals surface area contributed by atoms with Crippen molar-refractivity contribution >= 4 is 28.7 Å². The summed E-state index contributed by atoms with van der Waals surface area (Å²) in [6, 6.07) is 11.1. The number of carbonyl (C=O) groups is 1. The van der Waals surface area contributed by atoms with Crippen molar-refractivity contribution in [3.63, 3.8) is 0 Å². The molecule has 0 fully saturated rings. The Morgan fingerprint density at radius 2 is 2.00 bits per heavy atom. The molecule has 2 rings (SSSR count). The van der Waals surface area contributed by atoms with Gasteiger partial charge in [-0.1, -0.05) is 35.9 Å². The Hall–Kier alpha value is -1.34. The van der Waals surface area contributed by atoms with Gasteiger partial charge in [-0.05, 0) is 22.9 Å². The Labute approximate surface area is 80.9 Å². The first-order valence-electron chi connectivity index (χ1n) is 3.95. The summed E-state index contributed by atoms with van der Waals surface area (Å²) >= 11 is 5.83. The number of rotatable bonds is 1. The standard InChI is InChI=1S/C11H7ClO/c12-10-4-5-11-8(6-10)2-1-3-9(11)7-13/h1-7H. The van der Waals surface area contributed by atoms with Gasteiger partial charge in [-0.15, -0.1) is 0 Å². The van der Waals surface area contributed by atoms with Crippen LogP contribution in [0.5, 0.6) is 0 Å². The van der Waals surface area contributed by atoms with E-state index in [0.717, 1.165) is 17.1 Å². The summed E-state index contributed by atoms with van der Waals surface area (Å²) < 4.78 is 0. The van der Waals surface area contributed by atoms with Crippen LogP contribution < -0.4 is 0 Å². The molecule has 64 valence electrons. The van der Waals surface area contributed by atoms with E-state index in [1.54, 1.807) is 12.1 Å². The van der Waals surface area contributed by atoms with Crippen LogP contribution in [-0.4, -0.2) is 6.29 Å². The van der Waals surface area contributed by atoms with Crippen LogP contribution in [0.3, 0.4) is 0 Å². The molecule has 13 heavy (non-hydrogen) atoms. The Balaban J connectivity index is 2.84. The van der Waals surface area contributed by atoms with E-state index in [2.05, 4.69) is 0 Å². The Morgan fingerprint density at radius 1 is 1.15 bits per heavy atom. The van der Waals surface area contributed by atoms with E-state index in [1.807, 2.05) is 24.3 Å². The zero-order chi connectivity index (χ0) is 9.26. The average molecular weight is 191 g/mol. The topological polar surface area (TPSA) is 17.1 Å². The van der Waals surface area contributed by atoms with Crippen LogP contribution >= 0.6 is 11.6 Å². The van der Waals surface area contributed by atoms with Gasteiger partial charge in [0, 0.05) is 10.6 Å². The van der Waals surface area contributed by atoms with Gasteiger partial charge in [0.15, 0.2) is 6.29 Å². The van der Waals surface area contributed by atoms with Gasteiger partial charge in [-0.25, -0.2) is 0 Å². The molecule has 0 aliphatic carbocycles. The molecule has 0 spiro atoms. The average Bonchev–Trinajstić information content (AvgIpc) is 2.16. The molecule has 1 nitrogen and oxygen atoms in total. The highest BCUT2D eigenvalue weighted by molar-refractivity contribution is 6.31. The largest absolute Gasteiger partial charge is 0.298 e. The molecule has 0 N–H and O–H groups in total. The van der Waals surface area contributed by atoms with Gasteiger partial charge in [0.2, 0.25) is 0 Å². The second-order valence-electron chi connectivity index (χ2n) is 2.83. The summed E-state index contributed by atoms with van der Waals surface area (Å²) in [6.45, 7) is 0. The molecular formula is C11H7ClO. The molecule has 0 aliphatic rings. The maximum absolute atomic E-state index is 10.7. The van der Waals surface area contributed by atoms with Gasteiger partial charge in [0.05, 0.1) is 0 Å². The fourth-order valence-corrected chi connectivity index (χ4v) is 1.56. The van der Waals surface area contributed by atoms with Crippen molar-refractivity contribution in [3.05, 3.63) is 47.0 Å². The van der Waals surface area contributed by atoms with E-state index in [-0.39, 0.29) is 0 Å². The Morgan fingerprint density at radius 3 is 2.77 bits per heavy atom. The predicted molar refractivity (Wildman–Crippen MR) is 54.3 cm³/mol. The number of fused-ring (bicyclic) bond motifs is 1. The third-order valence-corrected chi connectivity index (χ3v) is 2.24. The molecule has 0 saturated heterocycles. The van der Waals surface area contributed by atoms with E-state index < -0.39 is 0 Å². The molecule has 0 saturated carbocycles. The maximum Gasteiger partial charge on any atom is 0.150 e. The highest BCUT2D eigenvalue weighted by Gasteiger charge is 1.98. The van der Waals surface area contributed by atoms with Crippen LogP contribution in [0.4, 0.5) is 0 Å². The normalized spacial score (nSPS) is 10.2. The number of halogens is 1. The lowest BCUT2D eigenvalue weighted by atomic mass is 10.1. The molecule has 2 aromatic rings. The number of carbonyl (C=O) groups excluding carboxylic acids is 1. The molecular weight excluding hydrogens is 184 g/mol. The summed E-state index contributed by atoms with van der Waals surface area (Å²) in [5.74, 6) is 0. The Bertz CT molecular complexity index is 463. The van der Waals surface area contributed by atoms with E-state index in [0.29, 0.717) is 10.6 Å². The van der Waals surface area contributed by atoms with Gasteiger partial charge in [0.25, 0.3) is 0 Å². The van der Waals surface area contributed by atoms with E-state index >= 15 is 0 Å². The molecule has 2 heteroatoms. The molecule has 0 amide bonds. The SMILES string of the molecule is O=Cc1cccc2cc(Cl)ccc12. The maximum atomic E-state index is 10.7. The quantitative estimate of drug-likeness (QED) is 0.631. The van der Waals surface area contributed by atoms with Crippen LogP contribution in [-0.2, 0) is 0 Å². The molecule has 0 aromatic heterocycles. The number of hydrogen-bond donors (Lipinski definition) is 0. The van der Waals surface area contributed by atoms with Crippen molar-refractivity contribution < 1.29 is 4.79 Å². The van der Waals surface area contributed by atoms with Crippen LogP contribution in [0.2, 0.25) is 5.02 Å². The van der Waals surface area contributed by atoms with Crippen molar-refractivity contribution in [2.75, 3.05) is 0 Å². The minimum atomic E-state index is 0.690. The highest BCUT2D eigenvalue weighted by atomic mass is 35.5. The van der Waals surface area contributed by atoms with Gasteiger partial charge in [0.1, 0.15) is 0 Å². The lowest BCUT2D eigenvalue weighted by Gasteiger charge is -2.00. The van der Waals surface area contributed by atoms with Crippen LogP contribution in [0.1, 0.15) is 10.4 Å². The highest BCUT2D eigenvalue weighted by Crippen LogP contribution is 2.21. The molecule has 0 bridgehead atoms. The predicted octanol–water partition coefficient (Wildman–Crippen LogP) is 3.31. The summed E-state index contributed by atoms with van der Waals surface area (Å²) in [5.41, 5.74) is 0.703. The second kappa shape index (κ2) is 3.19. The second-order valence-corrected chi connectivity index (χ2v) is 3.27. The molecule has 0 unspecified atom stereocenters. The lowest BCUT2D eigenvalue weighted by molar-refractivity contribution is 0.112. The first-order valence-corrected chi connectivity index (χ1v) is 4.32. The van der Waals surface area contributed by atoms with Gasteiger partial charge in [-0.3, -0.25) is 4.79 Å². The van der Waals surface area contributed by atoms with Crippen molar-refractivity contribution in [2.45, 2.75) is 0 Å². The smallest absolute Gasteiger partial charge is 0.150 e. The van der Waals surface area contributed by atoms with Crippen molar-refractivity contribution in [1.29, 1.82) is 0 Å². The third-order valence-electron chi connectivity index (χ3n) is 2.00. The summed E-state index contributed by atoms with van der Waals surface area (Å²) in [7, 11) is 0. The van der Waals surface area contributed by atoms with Crippen LogP contribution in [0, 0.1) is 0 Å². The number of benzene rings is 2. The molecule has 0 aliphatic heterocycles. The van der Waals surface area contributed by atoms with Crippen molar-refractivity contribution in [1.82, 2.24) is 0 Å². The first-order chi connectivity index (χ1) is 6.31. The number of aldehydes is 1. The minimum absolute atomic E-state index is 0.690. The fraction of sp³-hybridized carbons (Fsp3) is 0. The zero-order valence-corrected chi connectivity index (χ0v) is 7.58. The molecule has 0 atom stereocenters. The van der Waals surface area contributed by atoms with Gasteiger partial charge in [-0.2, -0.15) is 0 Å². The van der Waals surface area contributed by atoms with Crippen LogP contribution in [0.15, 0.2) is 36.4 Å². The van der Waals surface area contributed by atoms with Crippen molar-refractivity contribution in [2.24, 2.45) is 0 Å². The minimum Gasteiger partial charge on any atom is -0.298 e. The summed E-state index contributed by atoms with van der Waals surface area (Å²) in [4.78, 5) is 10.7. The van der Waals surface area contributed by atoms with E-state index in [9.17, 15) is 4.79 Å². The monoisotopic (exact) mass is 190 g/mol. The van der Waals surface area contributed by atoms with E-state index in [4.69, 9.17) is 11.6 Å².